The van der Waals surface area contributed by atoms with Crippen LogP contribution < -0.4 is 10.2 Å². The molecule has 0 saturated heterocycles. The van der Waals surface area contributed by atoms with E-state index in [0.717, 1.165) is 5.56 Å². The molecule has 28 heavy (non-hydrogen) atoms. The van der Waals surface area contributed by atoms with E-state index in [-0.39, 0.29) is 17.1 Å². The molecule has 0 aliphatic carbocycles. The smallest absolute Gasteiger partial charge is 0.345 e. The Labute approximate surface area is 165 Å². The van der Waals surface area contributed by atoms with E-state index in [0.29, 0.717) is 21.6 Å². The topological polar surface area (TPSA) is 69.4 Å². The van der Waals surface area contributed by atoms with Crippen molar-refractivity contribution in [2.45, 2.75) is 6.92 Å². The van der Waals surface area contributed by atoms with Gasteiger partial charge in [-0.25, -0.2) is 4.79 Å². The standard InChI is InChI=1S/C22H14ClNO4/c1-13-4-9-18-17(11-13)19(25)21(28-22(26)15-3-2-10-24-12-15)20(27-18)14-5-7-16(23)8-6-14/h2-12H,1H3. The van der Waals surface area contributed by atoms with Gasteiger partial charge < -0.3 is 9.15 Å². The van der Waals surface area contributed by atoms with Crippen molar-refractivity contribution < 1.29 is 13.9 Å². The van der Waals surface area contributed by atoms with E-state index < -0.39 is 11.4 Å². The first kappa shape index (κ1) is 17.9. The van der Waals surface area contributed by atoms with Gasteiger partial charge in [0.2, 0.25) is 11.2 Å². The van der Waals surface area contributed by atoms with Crippen molar-refractivity contribution >= 4 is 28.5 Å². The van der Waals surface area contributed by atoms with Crippen LogP contribution in [0.3, 0.4) is 0 Å². The van der Waals surface area contributed by atoms with Crippen LogP contribution in [0.1, 0.15) is 15.9 Å². The highest BCUT2D eigenvalue weighted by molar-refractivity contribution is 6.30. The molecule has 0 aliphatic heterocycles. The molecule has 0 unspecified atom stereocenters. The van der Waals surface area contributed by atoms with Crippen molar-refractivity contribution in [2.75, 3.05) is 0 Å². The SMILES string of the molecule is Cc1ccc2oc(-c3ccc(Cl)cc3)c(OC(=O)c3cccnc3)c(=O)c2c1. The number of carbonyl (C=O) groups excluding carboxylic acids is 1. The number of pyridine rings is 1. The Morgan fingerprint density at radius 3 is 2.61 bits per heavy atom. The quantitative estimate of drug-likeness (QED) is 0.458. The average Bonchev–Trinajstić information content (AvgIpc) is 2.71. The summed E-state index contributed by atoms with van der Waals surface area (Å²) in [6, 6.07) is 15.2. The van der Waals surface area contributed by atoms with E-state index >= 15 is 0 Å². The van der Waals surface area contributed by atoms with E-state index in [4.69, 9.17) is 20.8 Å². The molecule has 2 aromatic carbocycles. The third-order valence-corrected chi connectivity index (χ3v) is 4.45. The zero-order chi connectivity index (χ0) is 19.7. The molecule has 0 N–H and O–H groups in total. The van der Waals surface area contributed by atoms with Gasteiger partial charge >= 0.3 is 5.97 Å². The molecule has 0 spiro atoms. The zero-order valence-electron chi connectivity index (χ0n) is 14.8. The minimum absolute atomic E-state index is 0.162. The highest BCUT2D eigenvalue weighted by Gasteiger charge is 2.21. The third-order valence-electron chi connectivity index (χ3n) is 4.20. The fourth-order valence-electron chi connectivity index (χ4n) is 2.81. The minimum atomic E-state index is -0.692. The first-order chi connectivity index (χ1) is 13.5. The fraction of sp³-hybridized carbons (Fsp3) is 0.0455. The summed E-state index contributed by atoms with van der Waals surface area (Å²) in [6.07, 6.45) is 2.92. The molecular weight excluding hydrogens is 378 g/mol. The fourth-order valence-corrected chi connectivity index (χ4v) is 2.94. The van der Waals surface area contributed by atoms with E-state index in [2.05, 4.69) is 4.98 Å². The number of aromatic nitrogens is 1. The Morgan fingerprint density at radius 1 is 1.11 bits per heavy atom. The first-order valence-corrected chi connectivity index (χ1v) is 8.86. The minimum Gasteiger partial charge on any atom is -0.452 e. The highest BCUT2D eigenvalue weighted by atomic mass is 35.5. The van der Waals surface area contributed by atoms with Crippen LogP contribution in [0.2, 0.25) is 5.02 Å². The largest absolute Gasteiger partial charge is 0.452 e. The van der Waals surface area contributed by atoms with Crippen molar-refractivity contribution in [1.82, 2.24) is 4.98 Å². The molecule has 0 saturated carbocycles. The summed E-state index contributed by atoms with van der Waals surface area (Å²) in [4.78, 5) is 29.6. The Balaban J connectivity index is 1.92. The Hall–Kier alpha value is -3.44. The third kappa shape index (κ3) is 3.40. The molecule has 6 heteroatoms. The maximum atomic E-state index is 13.1. The van der Waals surface area contributed by atoms with E-state index in [1.54, 1.807) is 54.7 Å². The van der Waals surface area contributed by atoms with E-state index in [1.165, 1.54) is 6.20 Å². The van der Waals surface area contributed by atoms with Crippen LogP contribution in [0, 0.1) is 6.92 Å². The van der Waals surface area contributed by atoms with Crippen molar-refractivity contribution in [2.24, 2.45) is 0 Å². The normalized spacial score (nSPS) is 10.8. The predicted molar refractivity (Wildman–Crippen MR) is 107 cm³/mol. The van der Waals surface area contributed by atoms with Crippen LogP contribution in [0.5, 0.6) is 5.75 Å². The lowest BCUT2D eigenvalue weighted by molar-refractivity contribution is 0.0731. The number of esters is 1. The van der Waals surface area contributed by atoms with Crippen LogP contribution in [0.4, 0.5) is 0 Å². The number of nitrogens with zero attached hydrogens (tertiary/aromatic N) is 1. The average molecular weight is 392 g/mol. The first-order valence-electron chi connectivity index (χ1n) is 8.48. The summed E-state index contributed by atoms with van der Waals surface area (Å²) in [7, 11) is 0. The second-order valence-corrected chi connectivity index (χ2v) is 6.66. The van der Waals surface area contributed by atoms with Gasteiger partial charge in [0.25, 0.3) is 0 Å². The van der Waals surface area contributed by atoms with Gasteiger partial charge in [0.15, 0.2) is 5.76 Å². The molecule has 0 bridgehead atoms. The summed E-state index contributed by atoms with van der Waals surface area (Å²) in [5, 5.41) is 0.878. The Bertz CT molecular complexity index is 1230. The second kappa shape index (κ2) is 7.29. The molecule has 138 valence electrons. The van der Waals surface area contributed by atoms with Gasteiger partial charge in [-0.2, -0.15) is 0 Å². The summed E-state index contributed by atoms with van der Waals surface area (Å²) >= 11 is 5.96. The number of hydrogen-bond acceptors (Lipinski definition) is 5. The number of halogens is 1. The summed E-state index contributed by atoms with van der Waals surface area (Å²) in [5.74, 6) is -0.702. The summed E-state index contributed by atoms with van der Waals surface area (Å²) in [6.45, 7) is 1.87. The second-order valence-electron chi connectivity index (χ2n) is 6.23. The molecule has 0 atom stereocenters. The van der Waals surface area contributed by atoms with Crippen LogP contribution in [0.25, 0.3) is 22.3 Å². The molecule has 0 amide bonds. The highest BCUT2D eigenvalue weighted by Crippen LogP contribution is 2.32. The maximum absolute atomic E-state index is 13.1. The molecule has 0 radical (unpaired) electrons. The van der Waals surface area contributed by atoms with Gasteiger partial charge in [-0.05, 0) is 55.5 Å². The monoisotopic (exact) mass is 391 g/mol. The molecule has 4 aromatic rings. The number of fused-ring (bicyclic) bond motifs is 1. The molecule has 2 heterocycles. The number of carbonyl (C=O) groups is 1. The number of aryl methyl sites for hydroxylation is 1. The molecule has 0 fully saturated rings. The predicted octanol–water partition coefficient (Wildman–Crippen LogP) is 5.04. The van der Waals surface area contributed by atoms with Crippen LogP contribution in [0.15, 0.2) is 76.2 Å². The molecular formula is C22H14ClNO4. The van der Waals surface area contributed by atoms with E-state index in [9.17, 15) is 9.59 Å². The number of ether oxygens (including phenoxy) is 1. The zero-order valence-corrected chi connectivity index (χ0v) is 15.6. The van der Waals surface area contributed by atoms with Crippen molar-refractivity contribution in [3.05, 3.63) is 93.4 Å². The number of hydrogen-bond donors (Lipinski definition) is 0. The molecule has 4 rings (SSSR count). The Kier molecular flexibility index (Phi) is 4.67. The lowest BCUT2D eigenvalue weighted by Crippen LogP contribution is -2.16. The van der Waals surface area contributed by atoms with Gasteiger partial charge in [-0.3, -0.25) is 9.78 Å². The number of benzene rings is 2. The summed E-state index contributed by atoms with van der Waals surface area (Å²) in [5.41, 5.74) is 1.67. The van der Waals surface area contributed by atoms with E-state index in [1.807, 2.05) is 13.0 Å². The molecule has 0 aliphatic rings. The molecule has 5 nitrogen and oxygen atoms in total. The maximum Gasteiger partial charge on any atom is 0.345 e. The van der Waals surface area contributed by atoms with Crippen LogP contribution in [-0.4, -0.2) is 11.0 Å². The Morgan fingerprint density at radius 2 is 1.89 bits per heavy atom. The van der Waals surface area contributed by atoms with Crippen molar-refractivity contribution in [3.63, 3.8) is 0 Å². The van der Waals surface area contributed by atoms with Gasteiger partial charge in [-0.15, -0.1) is 0 Å². The van der Waals surface area contributed by atoms with Gasteiger partial charge in [0.1, 0.15) is 5.58 Å². The van der Waals surface area contributed by atoms with Crippen LogP contribution >= 0.6 is 11.6 Å². The lowest BCUT2D eigenvalue weighted by Gasteiger charge is -2.11. The van der Waals surface area contributed by atoms with Crippen LogP contribution in [-0.2, 0) is 0 Å². The van der Waals surface area contributed by atoms with Crippen molar-refractivity contribution in [1.29, 1.82) is 0 Å². The van der Waals surface area contributed by atoms with Gasteiger partial charge in [0.05, 0.1) is 10.9 Å². The summed E-state index contributed by atoms with van der Waals surface area (Å²) < 4.78 is 11.4. The lowest BCUT2D eigenvalue weighted by atomic mass is 10.1. The molecule has 2 aromatic heterocycles. The number of rotatable bonds is 3. The van der Waals surface area contributed by atoms with Crippen molar-refractivity contribution in [3.8, 4) is 17.1 Å². The van der Waals surface area contributed by atoms with Gasteiger partial charge in [0, 0.05) is 23.0 Å². The van der Waals surface area contributed by atoms with Gasteiger partial charge in [-0.1, -0.05) is 23.2 Å².